The standard InChI is InChI=1S/C12H10N2.2K.2H/c1-3-7-11(8-4-1)13-14-12-9-5-2-6-10-12;;;;/h1-10H;;;;/q;2*+1;2*-1. The van der Waals surface area contributed by atoms with E-state index in [1.165, 1.54) is 0 Å². The molecule has 0 aliphatic rings. The van der Waals surface area contributed by atoms with Crippen LogP contribution in [0.2, 0.25) is 0 Å². The van der Waals surface area contributed by atoms with Gasteiger partial charge in [0.15, 0.2) is 0 Å². The Kier molecular flexibility index (Phi) is 11.1. The van der Waals surface area contributed by atoms with Crippen LogP contribution in [0, 0.1) is 0 Å². The predicted octanol–water partition coefficient (Wildman–Crippen LogP) is -1.66. The van der Waals surface area contributed by atoms with Crippen molar-refractivity contribution in [2.24, 2.45) is 10.2 Å². The maximum Gasteiger partial charge on any atom is 1.00 e. The van der Waals surface area contributed by atoms with E-state index in [-0.39, 0.29) is 106 Å². The van der Waals surface area contributed by atoms with E-state index < -0.39 is 0 Å². The summed E-state index contributed by atoms with van der Waals surface area (Å²) >= 11 is 0. The topological polar surface area (TPSA) is 24.7 Å². The van der Waals surface area contributed by atoms with Gasteiger partial charge in [0.05, 0.1) is 11.4 Å². The molecule has 0 saturated heterocycles. The normalized spacial score (nSPS) is 9.25. The molecule has 0 heterocycles. The summed E-state index contributed by atoms with van der Waals surface area (Å²) in [5.41, 5.74) is 1.74. The first-order chi connectivity index (χ1) is 6.95. The third kappa shape index (κ3) is 6.30. The summed E-state index contributed by atoms with van der Waals surface area (Å²) in [6, 6.07) is 19.4. The Morgan fingerprint density at radius 3 is 1.19 bits per heavy atom. The van der Waals surface area contributed by atoms with Crippen molar-refractivity contribution in [3.8, 4) is 0 Å². The van der Waals surface area contributed by atoms with Crippen LogP contribution in [0.1, 0.15) is 2.85 Å². The predicted molar refractivity (Wildman–Crippen MR) is 59.3 cm³/mol. The molecule has 0 saturated carbocycles. The number of nitrogens with zero attached hydrogens (tertiary/aromatic N) is 2. The second-order valence-corrected chi connectivity index (χ2v) is 2.87. The van der Waals surface area contributed by atoms with E-state index >= 15 is 0 Å². The summed E-state index contributed by atoms with van der Waals surface area (Å²) in [5, 5.41) is 8.20. The van der Waals surface area contributed by atoms with Gasteiger partial charge in [-0.2, -0.15) is 10.2 Å². The van der Waals surface area contributed by atoms with Gasteiger partial charge in [0.1, 0.15) is 0 Å². The zero-order valence-corrected chi connectivity index (χ0v) is 15.9. The molecule has 0 aliphatic heterocycles. The minimum Gasteiger partial charge on any atom is -1.00 e. The number of rotatable bonds is 2. The van der Waals surface area contributed by atoms with Crippen molar-refractivity contribution in [2.75, 3.05) is 0 Å². The van der Waals surface area contributed by atoms with Gasteiger partial charge in [-0.25, -0.2) is 0 Å². The molecule has 0 radical (unpaired) electrons. The van der Waals surface area contributed by atoms with Gasteiger partial charge in [-0.05, 0) is 24.3 Å². The molecule has 0 amide bonds. The van der Waals surface area contributed by atoms with Crippen molar-refractivity contribution >= 4 is 11.4 Å². The SMILES string of the molecule is [H-].[H-].[K+].[K+].c1ccc(N=Nc2ccccc2)cc1. The molecule has 72 valence electrons. The number of benzene rings is 2. The van der Waals surface area contributed by atoms with Crippen molar-refractivity contribution in [1.82, 2.24) is 0 Å². The van der Waals surface area contributed by atoms with Crippen LogP contribution in [0.25, 0.3) is 0 Å². The maximum absolute atomic E-state index is 4.10. The quantitative estimate of drug-likeness (QED) is 0.457. The van der Waals surface area contributed by atoms with Crippen molar-refractivity contribution in [3.05, 3.63) is 60.7 Å². The molecule has 0 unspecified atom stereocenters. The molecule has 0 fully saturated rings. The van der Waals surface area contributed by atoms with Crippen LogP contribution in [-0.4, -0.2) is 0 Å². The van der Waals surface area contributed by atoms with Crippen LogP contribution in [0.4, 0.5) is 11.4 Å². The molecule has 2 aromatic carbocycles. The first-order valence-corrected chi connectivity index (χ1v) is 4.47. The van der Waals surface area contributed by atoms with Crippen LogP contribution in [0.5, 0.6) is 0 Å². The maximum atomic E-state index is 4.10. The Hall–Kier alpha value is 1.31. The molecule has 2 nitrogen and oxygen atoms in total. The minimum atomic E-state index is 0. The van der Waals surface area contributed by atoms with Gasteiger partial charge in [0, 0.05) is 0 Å². The molecular weight excluding hydrogens is 250 g/mol. The second-order valence-electron chi connectivity index (χ2n) is 2.87. The minimum absolute atomic E-state index is 0. The Labute approximate surface area is 184 Å². The van der Waals surface area contributed by atoms with Crippen molar-refractivity contribution in [1.29, 1.82) is 0 Å². The fraction of sp³-hybridized carbons (Fsp3) is 0. The molecule has 4 heteroatoms. The van der Waals surface area contributed by atoms with Crippen LogP contribution >= 0.6 is 0 Å². The van der Waals surface area contributed by atoms with Gasteiger partial charge in [-0.15, -0.1) is 0 Å². The average molecular weight is 262 g/mol. The molecule has 0 aliphatic carbocycles. The molecule has 2 rings (SSSR count). The molecule has 0 N–H and O–H groups in total. The van der Waals surface area contributed by atoms with Gasteiger partial charge in [-0.3, -0.25) is 0 Å². The Morgan fingerprint density at radius 1 is 0.562 bits per heavy atom. The zero-order valence-electron chi connectivity index (χ0n) is 11.7. The van der Waals surface area contributed by atoms with E-state index in [1.54, 1.807) is 0 Å². The number of hydrogen-bond donors (Lipinski definition) is 0. The molecule has 0 atom stereocenters. The van der Waals surface area contributed by atoms with E-state index in [0.29, 0.717) is 0 Å². The largest absolute Gasteiger partial charge is 1.00 e. The van der Waals surface area contributed by atoms with Gasteiger partial charge in [0.25, 0.3) is 0 Å². The molecule has 0 spiro atoms. The monoisotopic (exact) mass is 262 g/mol. The summed E-state index contributed by atoms with van der Waals surface area (Å²) in [4.78, 5) is 0. The first-order valence-electron chi connectivity index (χ1n) is 4.47. The Balaban J connectivity index is -0.000000562. The smallest absolute Gasteiger partial charge is 1.00 e. The Bertz CT molecular complexity index is 383. The zero-order chi connectivity index (χ0) is 9.64. The summed E-state index contributed by atoms with van der Waals surface area (Å²) in [5.74, 6) is 0. The first kappa shape index (κ1) is 17.3. The summed E-state index contributed by atoms with van der Waals surface area (Å²) < 4.78 is 0. The van der Waals surface area contributed by atoms with Crippen molar-refractivity contribution in [3.63, 3.8) is 0 Å². The van der Waals surface area contributed by atoms with Gasteiger partial charge in [0.2, 0.25) is 0 Å². The molecule has 0 aromatic heterocycles. The van der Waals surface area contributed by atoms with E-state index in [4.69, 9.17) is 0 Å². The fourth-order valence-electron chi connectivity index (χ4n) is 1.10. The third-order valence-corrected chi connectivity index (χ3v) is 1.79. The van der Waals surface area contributed by atoms with Gasteiger partial charge in [-0.1, -0.05) is 36.4 Å². The van der Waals surface area contributed by atoms with Gasteiger partial charge >= 0.3 is 103 Å². The van der Waals surface area contributed by atoms with Crippen molar-refractivity contribution < 1.29 is 106 Å². The summed E-state index contributed by atoms with van der Waals surface area (Å²) in [7, 11) is 0. The number of azo groups is 1. The molecular formula is C12H12K2N2. The van der Waals surface area contributed by atoms with E-state index in [9.17, 15) is 0 Å². The van der Waals surface area contributed by atoms with Crippen LogP contribution in [0.15, 0.2) is 70.9 Å². The Morgan fingerprint density at radius 2 is 0.875 bits per heavy atom. The average Bonchev–Trinajstić information content (AvgIpc) is 2.29. The van der Waals surface area contributed by atoms with Crippen LogP contribution in [0.3, 0.4) is 0 Å². The van der Waals surface area contributed by atoms with E-state index in [2.05, 4.69) is 10.2 Å². The molecule has 0 bridgehead atoms. The fourth-order valence-corrected chi connectivity index (χ4v) is 1.10. The van der Waals surface area contributed by atoms with Gasteiger partial charge < -0.3 is 2.85 Å². The van der Waals surface area contributed by atoms with Crippen molar-refractivity contribution in [2.45, 2.75) is 0 Å². The molecule has 2 aromatic rings. The van der Waals surface area contributed by atoms with E-state index in [1.807, 2.05) is 60.7 Å². The second kappa shape index (κ2) is 10.3. The third-order valence-electron chi connectivity index (χ3n) is 1.79. The van der Waals surface area contributed by atoms with Crippen LogP contribution < -0.4 is 103 Å². The molecule has 16 heavy (non-hydrogen) atoms. The van der Waals surface area contributed by atoms with Crippen LogP contribution in [-0.2, 0) is 0 Å². The number of hydrogen-bond acceptors (Lipinski definition) is 2. The summed E-state index contributed by atoms with van der Waals surface area (Å²) in [6.07, 6.45) is 0. The van der Waals surface area contributed by atoms with E-state index in [0.717, 1.165) is 11.4 Å². The summed E-state index contributed by atoms with van der Waals surface area (Å²) in [6.45, 7) is 0.